The van der Waals surface area contributed by atoms with Gasteiger partial charge in [0.2, 0.25) is 0 Å². The van der Waals surface area contributed by atoms with Crippen LogP contribution in [0.2, 0.25) is 0 Å². The van der Waals surface area contributed by atoms with Gasteiger partial charge in [-0.1, -0.05) is 31.2 Å². The van der Waals surface area contributed by atoms with E-state index in [2.05, 4.69) is 6.92 Å². The predicted molar refractivity (Wildman–Crippen MR) is 68.3 cm³/mol. The molecule has 0 amide bonds. The Hall–Kier alpha value is -1.41. The van der Waals surface area contributed by atoms with Crippen LogP contribution >= 0.6 is 11.3 Å². The SMILES string of the molecule is CCc1ccc(C(=O)c2ccsc2C)cc1. The highest BCUT2D eigenvalue weighted by molar-refractivity contribution is 7.10. The largest absolute Gasteiger partial charge is 0.289 e. The fraction of sp³-hybridized carbons (Fsp3) is 0.214. The topological polar surface area (TPSA) is 17.1 Å². The predicted octanol–water partition coefficient (Wildman–Crippen LogP) is 3.85. The van der Waals surface area contributed by atoms with E-state index in [9.17, 15) is 4.79 Å². The molecule has 0 aliphatic heterocycles. The average Bonchev–Trinajstić information content (AvgIpc) is 2.75. The molecule has 0 spiro atoms. The quantitative estimate of drug-likeness (QED) is 0.732. The molecule has 2 heteroatoms. The fourth-order valence-electron chi connectivity index (χ4n) is 1.67. The van der Waals surface area contributed by atoms with Crippen LogP contribution in [0, 0.1) is 6.92 Å². The molecule has 82 valence electrons. The second-order valence-electron chi connectivity index (χ2n) is 3.77. The lowest BCUT2D eigenvalue weighted by Gasteiger charge is -2.01. The molecule has 2 rings (SSSR count). The molecule has 0 unspecified atom stereocenters. The van der Waals surface area contributed by atoms with Crippen molar-refractivity contribution in [2.75, 3.05) is 0 Å². The van der Waals surface area contributed by atoms with Crippen LogP contribution in [-0.2, 0) is 6.42 Å². The van der Waals surface area contributed by atoms with Crippen molar-refractivity contribution in [3.63, 3.8) is 0 Å². The Bertz CT molecular complexity index is 494. The number of benzene rings is 1. The average molecular weight is 230 g/mol. The number of ketones is 1. The van der Waals surface area contributed by atoms with Gasteiger partial charge in [0, 0.05) is 16.0 Å². The van der Waals surface area contributed by atoms with Crippen molar-refractivity contribution in [3.8, 4) is 0 Å². The summed E-state index contributed by atoms with van der Waals surface area (Å²) in [5.74, 6) is 0.126. The minimum Gasteiger partial charge on any atom is -0.289 e. The van der Waals surface area contributed by atoms with E-state index in [1.165, 1.54) is 5.56 Å². The first-order valence-corrected chi connectivity index (χ1v) is 6.28. The Labute approximate surface area is 99.8 Å². The van der Waals surface area contributed by atoms with Crippen LogP contribution in [0.4, 0.5) is 0 Å². The van der Waals surface area contributed by atoms with Crippen LogP contribution in [-0.4, -0.2) is 5.78 Å². The Morgan fingerprint density at radius 2 is 1.88 bits per heavy atom. The molecule has 0 aliphatic carbocycles. The molecule has 0 saturated carbocycles. The maximum Gasteiger partial charge on any atom is 0.194 e. The standard InChI is InChI=1S/C14H14OS/c1-3-11-4-6-12(7-5-11)14(15)13-8-9-16-10(13)2/h4-9H,3H2,1-2H3. The zero-order valence-electron chi connectivity index (χ0n) is 9.49. The molecule has 1 aromatic carbocycles. The number of aryl methyl sites for hydroxylation is 2. The minimum absolute atomic E-state index is 0.126. The third-order valence-corrected chi connectivity index (χ3v) is 3.57. The van der Waals surface area contributed by atoms with Crippen molar-refractivity contribution in [2.24, 2.45) is 0 Å². The fourth-order valence-corrected chi connectivity index (χ4v) is 2.36. The Balaban J connectivity index is 2.31. The van der Waals surface area contributed by atoms with Gasteiger partial charge in [0.15, 0.2) is 5.78 Å². The molecule has 0 aliphatic rings. The zero-order chi connectivity index (χ0) is 11.5. The lowest BCUT2D eigenvalue weighted by molar-refractivity contribution is 0.103. The summed E-state index contributed by atoms with van der Waals surface area (Å²) in [5, 5.41) is 1.96. The van der Waals surface area contributed by atoms with Gasteiger partial charge < -0.3 is 0 Å². The van der Waals surface area contributed by atoms with Crippen LogP contribution in [0.3, 0.4) is 0 Å². The number of carbonyl (C=O) groups is 1. The van der Waals surface area contributed by atoms with E-state index in [4.69, 9.17) is 0 Å². The van der Waals surface area contributed by atoms with Crippen molar-refractivity contribution >= 4 is 17.1 Å². The van der Waals surface area contributed by atoms with E-state index >= 15 is 0 Å². The normalized spacial score (nSPS) is 10.4. The molecule has 0 radical (unpaired) electrons. The minimum atomic E-state index is 0.126. The summed E-state index contributed by atoms with van der Waals surface area (Å²) in [6, 6.07) is 9.77. The third kappa shape index (κ3) is 2.07. The van der Waals surface area contributed by atoms with E-state index in [0.717, 1.165) is 22.4 Å². The second kappa shape index (κ2) is 4.62. The van der Waals surface area contributed by atoms with E-state index in [-0.39, 0.29) is 5.78 Å². The number of thiophene rings is 1. The van der Waals surface area contributed by atoms with Crippen LogP contribution < -0.4 is 0 Å². The summed E-state index contributed by atoms with van der Waals surface area (Å²) in [6.45, 7) is 4.10. The molecule has 1 aromatic heterocycles. The highest BCUT2D eigenvalue weighted by Gasteiger charge is 2.11. The summed E-state index contributed by atoms with van der Waals surface area (Å²) in [6.07, 6.45) is 1.01. The van der Waals surface area contributed by atoms with Gasteiger partial charge in [-0.25, -0.2) is 0 Å². The highest BCUT2D eigenvalue weighted by atomic mass is 32.1. The lowest BCUT2D eigenvalue weighted by atomic mass is 10.0. The van der Waals surface area contributed by atoms with Gasteiger partial charge in [0.05, 0.1) is 0 Å². The molecule has 1 heterocycles. The number of rotatable bonds is 3. The molecule has 1 nitrogen and oxygen atoms in total. The molecule has 0 bridgehead atoms. The van der Waals surface area contributed by atoms with Gasteiger partial charge in [0.25, 0.3) is 0 Å². The van der Waals surface area contributed by atoms with E-state index in [1.807, 2.05) is 42.6 Å². The van der Waals surface area contributed by atoms with Crippen molar-refractivity contribution in [2.45, 2.75) is 20.3 Å². The molecule has 0 saturated heterocycles. The number of hydrogen-bond donors (Lipinski definition) is 0. The molecule has 0 atom stereocenters. The van der Waals surface area contributed by atoms with Crippen molar-refractivity contribution in [3.05, 3.63) is 57.3 Å². The van der Waals surface area contributed by atoms with E-state index < -0.39 is 0 Å². The summed E-state index contributed by atoms with van der Waals surface area (Å²) in [5.41, 5.74) is 2.87. The molecule has 0 N–H and O–H groups in total. The Morgan fingerprint density at radius 1 is 1.19 bits per heavy atom. The first kappa shape index (κ1) is 11.1. The maximum absolute atomic E-state index is 12.1. The van der Waals surface area contributed by atoms with Gasteiger partial charge in [-0.05, 0) is 30.4 Å². The summed E-state index contributed by atoms with van der Waals surface area (Å²) in [4.78, 5) is 13.2. The van der Waals surface area contributed by atoms with Gasteiger partial charge in [-0.2, -0.15) is 0 Å². The Kier molecular flexibility index (Phi) is 3.20. The summed E-state index contributed by atoms with van der Waals surface area (Å²) >= 11 is 1.61. The summed E-state index contributed by atoms with van der Waals surface area (Å²) in [7, 11) is 0. The van der Waals surface area contributed by atoms with Crippen molar-refractivity contribution in [1.29, 1.82) is 0 Å². The molecule has 2 aromatic rings. The van der Waals surface area contributed by atoms with Crippen LogP contribution in [0.1, 0.15) is 33.3 Å². The number of carbonyl (C=O) groups excluding carboxylic acids is 1. The molecular formula is C14H14OS. The molecular weight excluding hydrogens is 216 g/mol. The molecule has 16 heavy (non-hydrogen) atoms. The van der Waals surface area contributed by atoms with Crippen molar-refractivity contribution < 1.29 is 4.79 Å². The van der Waals surface area contributed by atoms with Gasteiger partial charge >= 0.3 is 0 Å². The first-order valence-electron chi connectivity index (χ1n) is 5.40. The van der Waals surface area contributed by atoms with Gasteiger partial charge in [0.1, 0.15) is 0 Å². The highest BCUT2D eigenvalue weighted by Crippen LogP contribution is 2.19. The van der Waals surface area contributed by atoms with Gasteiger partial charge in [-0.3, -0.25) is 4.79 Å². The van der Waals surface area contributed by atoms with E-state index in [1.54, 1.807) is 11.3 Å². The van der Waals surface area contributed by atoms with Crippen LogP contribution in [0.5, 0.6) is 0 Å². The van der Waals surface area contributed by atoms with Crippen molar-refractivity contribution in [1.82, 2.24) is 0 Å². The number of hydrogen-bond acceptors (Lipinski definition) is 2. The first-order chi connectivity index (χ1) is 7.72. The maximum atomic E-state index is 12.1. The van der Waals surface area contributed by atoms with E-state index in [0.29, 0.717) is 0 Å². The Morgan fingerprint density at radius 3 is 2.38 bits per heavy atom. The van der Waals surface area contributed by atoms with Crippen LogP contribution in [0.15, 0.2) is 35.7 Å². The lowest BCUT2D eigenvalue weighted by Crippen LogP contribution is -2.01. The van der Waals surface area contributed by atoms with Crippen LogP contribution in [0.25, 0.3) is 0 Å². The zero-order valence-corrected chi connectivity index (χ0v) is 10.3. The second-order valence-corrected chi connectivity index (χ2v) is 4.89. The molecule has 0 fully saturated rings. The van der Waals surface area contributed by atoms with Gasteiger partial charge in [-0.15, -0.1) is 11.3 Å². The third-order valence-electron chi connectivity index (χ3n) is 2.73. The smallest absolute Gasteiger partial charge is 0.194 e. The monoisotopic (exact) mass is 230 g/mol. The summed E-state index contributed by atoms with van der Waals surface area (Å²) < 4.78 is 0.